The van der Waals surface area contributed by atoms with Crippen LogP contribution >= 0.6 is 0 Å². The van der Waals surface area contributed by atoms with Gasteiger partial charge in [-0.25, -0.2) is 8.42 Å². The average Bonchev–Trinajstić information content (AvgIpc) is 3.15. The zero-order valence-electron chi connectivity index (χ0n) is 14.1. The molecule has 0 saturated carbocycles. The van der Waals surface area contributed by atoms with Crippen molar-refractivity contribution < 1.29 is 17.6 Å². The van der Waals surface area contributed by atoms with E-state index in [4.69, 9.17) is 4.42 Å². The Morgan fingerprint density at radius 1 is 1.04 bits per heavy atom. The van der Waals surface area contributed by atoms with Gasteiger partial charge in [-0.15, -0.1) is 0 Å². The van der Waals surface area contributed by atoms with Crippen molar-refractivity contribution in [3.05, 3.63) is 83.8 Å². The first kappa shape index (κ1) is 17.8. The van der Waals surface area contributed by atoms with Gasteiger partial charge in [-0.05, 0) is 55.0 Å². The van der Waals surface area contributed by atoms with Crippen molar-refractivity contribution in [2.45, 2.75) is 18.4 Å². The molecule has 3 aromatic rings. The monoisotopic (exact) mass is 370 g/mol. The first-order valence-corrected chi connectivity index (χ1v) is 9.43. The number of furan rings is 1. The lowest BCUT2D eigenvalue weighted by atomic mass is 10.1. The molecule has 7 heteroatoms. The normalized spacial score (nSPS) is 11.1. The van der Waals surface area contributed by atoms with Crippen LogP contribution in [-0.2, 0) is 16.6 Å². The fraction of sp³-hybridized carbons (Fsp3) is 0.105. The number of hydrogen-bond donors (Lipinski definition) is 2. The Morgan fingerprint density at radius 3 is 2.46 bits per heavy atom. The lowest BCUT2D eigenvalue weighted by molar-refractivity contribution is 0.0948. The number of aryl methyl sites for hydroxylation is 1. The molecule has 0 spiro atoms. The second kappa shape index (κ2) is 7.45. The molecular formula is C19H18N2O4S. The molecule has 0 saturated heterocycles. The summed E-state index contributed by atoms with van der Waals surface area (Å²) in [5.74, 6) is 0.393. The summed E-state index contributed by atoms with van der Waals surface area (Å²) >= 11 is 0. The summed E-state index contributed by atoms with van der Waals surface area (Å²) in [6, 6.07) is 16.4. The minimum atomic E-state index is -3.67. The Kier molecular flexibility index (Phi) is 5.09. The van der Waals surface area contributed by atoms with E-state index in [9.17, 15) is 13.2 Å². The number of amides is 1. The van der Waals surface area contributed by atoms with Crippen LogP contribution in [0.2, 0.25) is 0 Å². The minimum Gasteiger partial charge on any atom is -0.467 e. The van der Waals surface area contributed by atoms with E-state index in [-0.39, 0.29) is 17.3 Å². The van der Waals surface area contributed by atoms with Crippen molar-refractivity contribution in [1.29, 1.82) is 0 Å². The van der Waals surface area contributed by atoms with Crippen LogP contribution in [0.1, 0.15) is 21.7 Å². The Balaban J connectivity index is 1.72. The summed E-state index contributed by atoms with van der Waals surface area (Å²) in [7, 11) is -3.67. The van der Waals surface area contributed by atoms with E-state index in [1.807, 2.05) is 0 Å². The first-order chi connectivity index (χ1) is 12.5. The number of nitrogens with one attached hydrogen (secondary N) is 2. The zero-order valence-corrected chi connectivity index (χ0v) is 14.9. The summed E-state index contributed by atoms with van der Waals surface area (Å²) in [5.41, 5.74) is 1.52. The van der Waals surface area contributed by atoms with Gasteiger partial charge in [0.2, 0.25) is 0 Å². The quantitative estimate of drug-likeness (QED) is 0.697. The third-order valence-corrected chi connectivity index (χ3v) is 5.17. The van der Waals surface area contributed by atoms with Gasteiger partial charge in [0.05, 0.1) is 23.4 Å². The van der Waals surface area contributed by atoms with Crippen LogP contribution in [0.25, 0.3) is 0 Å². The number of carbonyl (C=O) groups is 1. The van der Waals surface area contributed by atoms with Gasteiger partial charge in [-0.3, -0.25) is 9.52 Å². The van der Waals surface area contributed by atoms with Crippen LogP contribution < -0.4 is 10.0 Å². The Labute approximate surface area is 151 Å². The van der Waals surface area contributed by atoms with Crippen molar-refractivity contribution in [3.63, 3.8) is 0 Å². The summed E-state index contributed by atoms with van der Waals surface area (Å²) < 4.78 is 32.5. The molecular weight excluding hydrogens is 352 g/mol. The van der Waals surface area contributed by atoms with E-state index in [0.29, 0.717) is 22.6 Å². The number of anilines is 1. The smallest absolute Gasteiger partial charge is 0.261 e. The van der Waals surface area contributed by atoms with Crippen molar-refractivity contribution in [2.75, 3.05) is 4.72 Å². The SMILES string of the molecule is Cc1cc(C(=O)NCc2ccco2)ccc1NS(=O)(=O)c1ccccc1. The van der Waals surface area contributed by atoms with Gasteiger partial charge < -0.3 is 9.73 Å². The number of benzene rings is 2. The number of sulfonamides is 1. The first-order valence-electron chi connectivity index (χ1n) is 7.95. The van der Waals surface area contributed by atoms with Crippen molar-refractivity contribution >= 4 is 21.6 Å². The lowest BCUT2D eigenvalue weighted by Gasteiger charge is -2.12. The van der Waals surface area contributed by atoms with Crippen molar-refractivity contribution in [1.82, 2.24) is 5.32 Å². The van der Waals surface area contributed by atoms with E-state index >= 15 is 0 Å². The molecule has 1 heterocycles. The molecule has 2 N–H and O–H groups in total. The van der Waals surface area contributed by atoms with Gasteiger partial charge in [0.25, 0.3) is 15.9 Å². The molecule has 0 unspecified atom stereocenters. The number of rotatable bonds is 6. The largest absolute Gasteiger partial charge is 0.467 e. The molecule has 0 aliphatic carbocycles. The molecule has 0 aliphatic heterocycles. The van der Waals surface area contributed by atoms with Gasteiger partial charge in [0, 0.05) is 5.56 Å². The van der Waals surface area contributed by atoms with Gasteiger partial charge in [-0.2, -0.15) is 0 Å². The number of carbonyl (C=O) groups excluding carboxylic acids is 1. The van der Waals surface area contributed by atoms with E-state index < -0.39 is 10.0 Å². The van der Waals surface area contributed by atoms with Crippen molar-refractivity contribution in [3.8, 4) is 0 Å². The third kappa shape index (κ3) is 4.12. The van der Waals surface area contributed by atoms with Gasteiger partial charge >= 0.3 is 0 Å². The Bertz CT molecular complexity index is 997. The highest BCUT2D eigenvalue weighted by molar-refractivity contribution is 7.92. The maximum atomic E-state index is 12.4. The molecule has 6 nitrogen and oxygen atoms in total. The standard InChI is InChI=1S/C19H18N2O4S/c1-14-12-15(19(22)20-13-16-6-5-11-25-16)9-10-18(14)21-26(23,24)17-7-3-2-4-8-17/h2-12,21H,13H2,1H3,(H,20,22). The highest BCUT2D eigenvalue weighted by Crippen LogP contribution is 2.21. The Hall–Kier alpha value is -3.06. The van der Waals surface area contributed by atoms with Crippen LogP contribution in [0.3, 0.4) is 0 Å². The lowest BCUT2D eigenvalue weighted by Crippen LogP contribution is -2.22. The van der Waals surface area contributed by atoms with E-state index in [0.717, 1.165) is 0 Å². The fourth-order valence-corrected chi connectivity index (χ4v) is 3.56. The van der Waals surface area contributed by atoms with Gasteiger partial charge in [0.15, 0.2) is 0 Å². The second-order valence-corrected chi connectivity index (χ2v) is 7.39. The summed E-state index contributed by atoms with van der Waals surface area (Å²) in [5, 5.41) is 2.75. The second-order valence-electron chi connectivity index (χ2n) is 5.71. The van der Waals surface area contributed by atoms with Crippen molar-refractivity contribution in [2.24, 2.45) is 0 Å². The van der Waals surface area contributed by atoms with Crippen LogP contribution in [0.5, 0.6) is 0 Å². The van der Waals surface area contributed by atoms with Crippen LogP contribution in [-0.4, -0.2) is 14.3 Å². The zero-order chi connectivity index (χ0) is 18.6. The predicted molar refractivity (Wildman–Crippen MR) is 98.3 cm³/mol. The molecule has 1 amide bonds. The van der Waals surface area contributed by atoms with Gasteiger partial charge in [-0.1, -0.05) is 18.2 Å². The molecule has 134 valence electrons. The highest BCUT2D eigenvalue weighted by Gasteiger charge is 2.15. The van der Waals surface area contributed by atoms with E-state index in [1.54, 1.807) is 61.7 Å². The number of hydrogen-bond acceptors (Lipinski definition) is 4. The molecule has 26 heavy (non-hydrogen) atoms. The molecule has 0 radical (unpaired) electrons. The van der Waals surface area contributed by atoms with Crippen LogP contribution in [0, 0.1) is 6.92 Å². The molecule has 0 aliphatic rings. The summed E-state index contributed by atoms with van der Waals surface area (Å²) in [6.45, 7) is 2.03. The molecule has 0 atom stereocenters. The van der Waals surface area contributed by atoms with Crippen LogP contribution in [0.4, 0.5) is 5.69 Å². The van der Waals surface area contributed by atoms with Gasteiger partial charge in [0.1, 0.15) is 5.76 Å². The van der Waals surface area contributed by atoms with E-state index in [1.165, 1.54) is 12.1 Å². The molecule has 0 bridgehead atoms. The minimum absolute atomic E-state index is 0.180. The Morgan fingerprint density at radius 2 is 1.81 bits per heavy atom. The van der Waals surface area contributed by atoms with Crippen LogP contribution in [0.15, 0.2) is 76.2 Å². The molecule has 1 aromatic heterocycles. The summed E-state index contributed by atoms with van der Waals surface area (Å²) in [6.07, 6.45) is 1.54. The average molecular weight is 370 g/mol. The molecule has 2 aromatic carbocycles. The maximum absolute atomic E-state index is 12.4. The fourth-order valence-electron chi connectivity index (χ4n) is 2.41. The molecule has 3 rings (SSSR count). The highest BCUT2D eigenvalue weighted by atomic mass is 32.2. The summed E-state index contributed by atoms with van der Waals surface area (Å²) in [4.78, 5) is 12.4. The third-order valence-electron chi connectivity index (χ3n) is 3.79. The molecule has 0 fully saturated rings. The predicted octanol–water partition coefficient (Wildman–Crippen LogP) is 3.32. The van der Waals surface area contributed by atoms with E-state index in [2.05, 4.69) is 10.0 Å². The topological polar surface area (TPSA) is 88.4 Å². The maximum Gasteiger partial charge on any atom is 0.261 e.